The summed E-state index contributed by atoms with van der Waals surface area (Å²) in [6, 6.07) is 33.1. The van der Waals surface area contributed by atoms with Crippen molar-refractivity contribution in [1.82, 2.24) is 0 Å². The maximum absolute atomic E-state index is 14.9. The van der Waals surface area contributed by atoms with Crippen molar-refractivity contribution in [3.8, 4) is 0 Å². The Morgan fingerprint density at radius 1 is 0.592 bits per heavy atom. The summed E-state index contributed by atoms with van der Waals surface area (Å²) in [6.07, 6.45) is -17.9. The fraction of sp³-hybridized carbons (Fsp3) is 0.500. The molecular formula is C58H68F3NO14. The van der Waals surface area contributed by atoms with E-state index in [-0.39, 0.29) is 59.8 Å². The van der Waals surface area contributed by atoms with Gasteiger partial charge in [-0.1, -0.05) is 133 Å². The molecule has 0 N–H and O–H groups in total. The van der Waals surface area contributed by atoms with Crippen molar-refractivity contribution in [2.45, 2.75) is 142 Å². The van der Waals surface area contributed by atoms with E-state index in [0.717, 1.165) is 5.56 Å². The number of ketones is 1. The van der Waals surface area contributed by atoms with Crippen LogP contribution in [-0.2, 0) is 63.6 Å². The van der Waals surface area contributed by atoms with Crippen LogP contribution in [0.2, 0.25) is 0 Å². The predicted octanol–water partition coefficient (Wildman–Crippen LogP) is 10.4. The zero-order valence-electron chi connectivity index (χ0n) is 43.7. The Bertz CT molecular complexity index is 2520. The monoisotopic (exact) mass is 1060 g/mol. The zero-order valence-corrected chi connectivity index (χ0v) is 43.7. The van der Waals surface area contributed by atoms with Crippen LogP contribution >= 0.6 is 0 Å². The van der Waals surface area contributed by atoms with Crippen LogP contribution in [0.15, 0.2) is 126 Å². The van der Waals surface area contributed by atoms with Gasteiger partial charge in [-0.05, 0) is 66.6 Å². The van der Waals surface area contributed by atoms with Crippen LogP contribution in [0.3, 0.4) is 0 Å². The molecule has 15 nitrogen and oxygen atoms in total. The largest absolute Gasteiger partial charge is 0.468 e. The molecule has 0 spiro atoms. The van der Waals surface area contributed by atoms with Gasteiger partial charge in [-0.2, -0.15) is 13.2 Å². The van der Waals surface area contributed by atoms with Crippen molar-refractivity contribution < 1.29 is 79.7 Å². The van der Waals surface area contributed by atoms with E-state index in [1.807, 2.05) is 44.2 Å². The Morgan fingerprint density at radius 2 is 1.16 bits per heavy atom. The zero-order chi connectivity index (χ0) is 54.5. The summed E-state index contributed by atoms with van der Waals surface area (Å²) in [5, 5.41) is 0. The van der Waals surface area contributed by atoms with Crippen molar-refractivity contribution in [2.75, 3.05) is 13.2 Å². The molecule has 15 atom stereocenters. The van der Waals surface area contributed by atoms with Gasteiger partial charge >= 0.3 is 24.1 Å². The van der Waals surface area contributed by atoms with Gasteiger partial charge < -0.3 is 52.2 Å². The molecule has 4 aromatic carbocycles. The first kappa shape index (κ1) is 57.7. The molecule has 0 aromatic heterocycles. The number of benzene rings is 4. The second-order valence-electron chi connectivity index (χ2n) is 19.8. The molecule has 18 heteroatoms. The molecule has 0 radical (unpaired) electrons. The second-order valence-corrected chi connectivity index (χ2v) is 19.8. The lowest BCUT2D eigenvalue weighted by Gasteiger charge is -2.49. The molecule has 3 aliphatic heterocycles. The maximum atomic E-state index is 14.9. The van der Waals surface area contributed by atoms with Gasteiger partial charge in [0.2, 0.25) is 6.29 Å². The fourth-order valence-corrected chi connectivity index (χ4v) is 9.35. The van der Waals surface area contributed by atoms with Crippen LogP contribution in [-0.4, -0.2) is 111 Å². The lowest BCUT2D eigenvalue weighted by Crippen LogP contribution is -2.61. The molecule has 6 unspecified atom stereocenters. The number of hydrogen-bond acceptors (Lipinski definition) is 15. The van der Waals surface area contributed by atoms with Crippen LogP contribution in [0.25, 0.3) is 0 Å². The minimum absolute atomic E-state index is 0.0217. The SMILES string of the molecule is CC[C@@H](C)[C@@H]1OC(OC(=Nc2ccccc2)C(F)(F)F)[C@@H](OC(=O)c2ccccc2)C1O[C@H]1OC(COC(=O)c2ccccc2)[C@H](O[C@H]2OC(COCc3ccccc3)[C@H](C)[C@H](C)C2C)[C@H](OC(=O)CCC(C)=O)C1C. The minimum Gasteiger partial charge on any atom is -0.459 e. The molecule has 0 aliphatic carbocycles. The van der Waals surface area contributed by atoms with Crippen molar-refractivity contribution in [3.05, 3.63) is 138 Å². The Kier molecular flexibility index (Phi) is 20.4. The minimum atomic E-state index is -5.14. The highest BCUT2D eigenvalue weighted by Gasteiger charge is 2.57. The summed E-state index contributed by atoms with van der Waals surface area (Å²) in [5.41, 5.74) is 1.23. The first-order valence-corrected chi connectivity index (χ1v) is 25.8. The summed E-state index contributed by atoms with van der Waals surface area (Å²) >= 11 is 0. The molecule has 3 heterocycles. The van der Waals surface area contributed by atoms with Gasteiger partial charge in [0.1, 0.15) is 36.8 Å². The van der Waals surface area contributed by atoms with Gasteiger partial charge in [0.25, 0.3) is 5.90 Å². The summed E-state index contributed by atoms with van der Waals surface area (Å²) < 4.78 is 108. The number of halogens is 3. The van der Waals surface area contributed by atoms with Gasteiger partial charge in [-0.15, -0.1) is 0 Å². The van der Waals surface area contributed by atoms with Crippen LogP contribution in [0.5, 0.6) is 0 Å². The Hall–Kier alpha value is -6.02. The normalized spacial score (nSPS) is 29.2. The molecule has 410 valence electrons. The summed E-state index contributed by atoms with van der Waals surface area (Å²) in [5.74, 6) is -5.95. The molecule has 0 amide bonds. The van der Waals surface area contributed by atoms with Crippen molar-refractivity contribution in [2.24, 2.45) is 34.6 Å². The first-order valence-electron chi connectivity index (χ1n) is 25.8. The molecular weight excluding hydrogens is 992 g/mol. The number of nitrogens with zero attached hydrogens (tertiary/aromatic N) is 1. The lowest BCUT2D eigenvalue weighted by atomic mass is 9.79. The van der Waals surface area contributed by atoms with E-state index in [0.29, 0.717) is 13.0 Å². The molecule has 7 rings (SSSR count). The number of alkyl halides is 3. The van der Waals surface area contributed by atoms with Gasteiger partial charge in [0.15, 0.2) is 18.7 Å². The Balaban J connectivity index is 1.26. The summed E-state index contributed by atoms with van der Waals surface area (Å²) in [6.45, 7) is 12.9. The van der Waals surface area contributed by atoms with Crippen molar-refractivity contribution in [3.63, 3.8) is 0 Å². The lowest BCUT2D eigenvalue weighted by molar-refractivity contribution is -0.345. The Morgan fingerprint density at radius 3 is 1.76 bits per heavy atom. The third-order valence-electron chi connectivity index (χ3n) is 14.4. The van der Waals surface area contributed by atoms with Crippen LogP contribution in [0.1, 0.15) is 94.0 Å². The van der Waals surface area contributed by atoms with Crippen LogP contribution < -0.4 is 0 Å². The summed E-state index contributed by atoms with van der Waals surface area (Å²) in [7, 11) is 0. The number of rotatable bonds is 21. The molecule has 3 fully saturated rings. The van der Waals surface area contributed by atoms with Gasteiger partial charge in [-0.3, -0.25) is 4.79 Å². The van der Waals surface area contributed by atoms with Gasteiger partial charge in [-0.25, -0.2) is 14.6 Å². The van der Waals surface area contributed by atoms with E-state index in [9.17, 15) is 32.3 Å². The van der Waals surface area contributed by atoms with Crippen molar-refractivity contribution in [1.29, 1.82) is 0 Å². The van der Waals surface area contributed by atoms with E-state index >= 15 is 0 Å². The van der Waals surface area contributed by atoms with E-state index in [4.69, 9.17) is 47.4 Å². The number of carbonyl (C=O) groups is 4. The highest BCUT2D eigenvalue weighted by molar-refractivity contribution is 5.90. The highest BCUT2D eigenvalue weighted by Crippen LogP contribution is 2.42. The summed E-state index contributed by atoms with van der Waals surface area (Å²) in [4.78, 5) is 57.4. The number of ether oxygens (including phenoxy) is 10. The van der Waals surface area contributed by atoms with Crippen LogP contribution in [0, 0.1) is 29.6 Å². The number of hydrogen-bond donors (Lipinski definition) is 0. The van der Waals surface area contributed by atoms with E-state index in [1.165, 1.54) is 43.3 Å². The van der Waals surface area contributed by atoms with Gasteiger partial charge in [0, 0.05) is 18.3 Å². The highest BCUT2D eigenvalue weighted by atomic mass is 19.4. The standard InChI is InChI=1S/C58H68F3NO14/c1-8-34(2)47-50(51(72-53(66)42-25-17-11-18-26-42)56(73-47)76-57(58(59,60)61)62-43-27-19-12-20-28-43)75-55-39(7)48(71-46(64)30-29-35(3)63)49(45(70-55)33-68-52(65)41-23-15-10-16-24-41)74-54-38(6)36(4)37(5)44(69-54)32-67-31-40-21-13-9-14-22-40/h9-28,34,36-39,44-45,47-51,54-56H,8,29-33H2,1-7H3/t34-,36+,37-,38?,39?,44?,45?,47+,48-,49+,50?,51+,54-,55-,56?/m1/s1. The molecule has 0 saturated carbocycles. The Labute approximate surface area is 441 Å². The van der Waals surface area contributed by atoms with Crippen molar-refractivity contribution >= 4 is 35.3 Å². The third kappa shape index (κ3) is 15.1. The topological polar surface area (TPSA) is 173 Å². The first-order chi connectivity index (χ1) is 36.4. The molecule has 4 aromatic rings. The van der Waals surface area contributed by atoms with E-state index in [2.05, 4.69) is 18.8 Å². The molecule has 0 bridgehead atoms. The third-order valence-corrected chi connectivity index (χ3v) is 14.4. The molecule has 3 aliphatic rings. The van der Waals surface area contributed by atoms with Crippen LogP contribution in [0.4, 0.5) is 18.9 Å². The number of esters is 3. The average Bonchev–Trinajstić information content (AvgIpc) is 3.75. The maximum Gasteiger partial charge on any atom is 0.468 e. The number of para-hydroxylation sites is 1. The fourth-order valence-electron chi connectivity index (χ4n) is 9.35. The molecule has 3 saturated heterocycles. The number of carbonyl (C=O) groups excluding carboxylic acids is 4. The smallest absolute Gasteiger partial charge is 0.459 e. The average molecular weight is 1060 g/mol. The quantitative estimate of drug-likeness (QED) is 0.0334. The molecule has 76 heavy (non-hydrogen) atoms. The number of aliphatic imine (C=N–C) groups is 1. The second kappa shape index (κ2) is 26.8. The van der Waals surface area contributed by atoms with Gasteiger partial charge in [0.05, 0.1) is 48.7 Å². The van der Waals surface area contributed by atoms with E-state index in [1.54, 1.807) is 68.4 Å². The number of Topliss-reactive ketones (excluding diaryl/α,β-unsaturated/α-hetero) is 1. The van der Waals surface area contributed by atoms with E-state index < -0.39 is 110 Å². The predicted molar refractivity (Wildman–Crippen MR) is 271 cm³/mol.